The van der Waals surface area contributed by atoms with Crippen molar-refractivity contribution < 1.29 is 12.7 Å². The molecule has 0 aromatic carbocycles. The molecule has 0 aromatic rings. The Hall–Kier alpha value is -0.170. The maximum atomic E-state index is 10.0. The number of rotatable bonds is 2. The van der Waals surface area contributed by atoms with Gasteiger partial charge in [0.1, 0.15) is 0 Å². The summed E-state index contributed by atoms with van der Waals surface area (Å²) in [6.45, 7) is 1.45. The Kier molecular flexibility index (Phi) is 7.97. The van der Waals surface area contributed by atoms with Gasteiger partial charge in [-0.2, -0.15) is 18.6 Å². The minimum Gasteiger partial charge on any atom is -0.312 e. The fourth-order valence-electron chi connectivity index (χ4n) is 0.0680. The molecule has 0 aliphatic heterocycles. The molecule has 0 aliphatic rings. The lowest BCUT2D eigenvalue weighted by atomic mass is 11.0. The summed E-state index contributed by atoms with van der Waals surface area (Å²) >= 11 is 0. The van der Waals surface area contributed by atoms with Crippen molar-refractivity contribution in [2.24, 2.45) is 5.90 Å². The van der Waals surface area contributed by atoms with Crippen LogP contribution < -0.4 is 5.90 Å². The predicted molar refractivity (Wildman–Crippen MR) is 44.3 cm³/mol. The van der Waals surface area contributed by atoms with Gasteiger partial charge < -0.3 is 4.90 Å². The zero-order valence-corrected chi connectivity index (χ0v) is 8.18. The van der Waals surface area contributed by atoms with Gasteiger partial charge >= 0.3 is 0 Å². The summed E-state index contributed by atoms with van der Waals surface area (Å²) in [6, 6.07) is 0. The molecule has 0 heterocycles. The fourth-order valence-corrected chi connectivity index (χ4v) is 0.204. The number of hydrogen-bond acceptors (Lipinski definition) is 5. The smallest absolute Gasteiger partial charge is 0.282 e. The van der Waals surface area contributed by atoms with Crippen LogP contribution in [0.3, 0.4) is 0 Å². The second-order valence-electron chi connectivity index (χ2n) is 2.28. The van der Waals surface area contributed by atoms with Gasteiger partial charge in [0.15, 0.2) is 0 Å². The molecule has 0 atom stereocenters. The highest BCUT2D eigenvalue weighted by Crippen LogP contribution is 1.82. The lowest BCUT2D eigenvalue weighted by molar-refractivity contribution is 0.334. The zero-order chi connectivity index (χ0) is 9.49. The first-order valence-electron chi connectivity index (χ1n) is 3.07. The van der Waals surface area contributed by atoms with E-state index < -0.39 is 10.1 Å². The normalized spacial score (nSPS) is 10.7. The molecule has 0 aromatic heterocycles. The highest BCUT2D eigenvalue weighted by Gasteiger charge is 2.01. The third-order valence-corrected chi connectivity index (χ3v) is 1.50. The van der Waals surface area contributed by atoms with E-state index in [9.17, 15) is 8.42 Å². The third kappa shape index (κ3) is 17.7. The number of nitrogens with two attached hydrogens (primary N) is 1. The van der Waals surface area contributed by atoms with Crippen LogP contribution in [0.2, 0.25) is 0 Å². The molecule has 0 spiro atoms. The lowest BCUT2D eigenvalue weighted by Crippen LogP contribution is -2.12. The first kappa shape index (κ1) is 13.4. The van der Waals surface area contributed by atoms with Crippen molar-refractivity contribution in [2.75, 3.05) is 26.9 Å². The molecular weight excluding hydrogens is 168 g/mol. The zero-order valence-electron chi connectivity index (χ0n) is 7.36. The van der Waals surface area contributed by atoms with Crippen molar-refractivity contribution in [1.82, 2.24) is 4.90 Å². The Morgan fingerprint density at radius 3 is 1.64 bits per heavy atom. The van der Waals surface area contributed by atoms with Gasteiger partial charge in [-0.1, -0.05) is 0 Å². The summed E-state index contributed by atoms with van der Waals surface area (Å²) in [5, 5.41) is 0. The second-order valence-corrected chi connectivity index (χ2v) is 4.17. The minimum absolute atomic E-state index is 0.0799. The van der Waals surface area contributed by atoms with E-state index in [4.69, 9.17) is 0 Å². The number of hydrogen-bond donors (Lipinski definition) is 1. The summed E-state index contributed by atoms with van der Waals surface area (Å²) in [7, 11) is 2.62. The molecule has 0 fully saturated rings. The molecule has 0 aliphatic carbocycles. The molecule has 6 heteroatoms. The first-order valence-corrected chi connectivity index (χ1v) is 4.65. The minimum atomic E-state index is -3.38. The van der Waals surface area contributed by atoms with Gasteiger partial charge in [-0.3, -0.25) is 0 Å². The molecule has 0 saturated heterocycles. The second kappa shape index (κ2) is 6.53. The van der Waals surface area contributed by atoms with Gasteiger partial charge in [0.25, 0.3) is 10.1 Å². The molecule has 0 saturated carbocycles. The molecule has 0 bridgehead atoms. The van der Waals surface area contributed by atoms with Gasteiger partial charge in [0, 0.05) is 0 Å². The topological polar surface area (TPSA) is 72.6 Å². The highest BCUT2D eigenvalue weighted by molar-refractivity contribution is 7.86. The quantitative estimate of drug-likeness (QED) is 0.580. The standard InChI is InChI=1S/C3H9N.C2H7NO3S/c1-4(2)3;1-2-7(4,5)6-3/h1-3H3;2-3H2,1H3. The molecule has 70 valence electrons. The van der Waals surface area contributed by atoms with Gasteiger partial charge in [0.2, 0.25) is 0 Å². The van der Waals surface area contributed by atoms with Crippen LogP contribution in [0.1, 0.15) is 6.92 Å². The monoisotopic (exact) mass is 184 g/mol. The SMILES string of the molecule is CCS(=O)(=O)ON.CN(C)C. The van der Waals surface area contributed by atoms with Crippen LogP contribution >= 0.6 is 0 Å². The number of nitrogens with zero attached hydrogens (tertiary/aromatic N) is 1. The van der Waals surface area contributed by atoms with Gasteiger partial charge in [-0.05, 0) is 28.1 Å². The third-order valence-electron chi connectivity index (χ3n) is 0.500. The maximum Gasteiger partial charge on any atom is 0.282 e. The predicted octanol–water partition coefficient (Wildman–Crippen LogP) is -0.596. The summed E-state index contributed by atoms with van der Waals surface area (Å²) < 4.78 is 23.6. The van der Waals surface area contributed by atoms with Crippen molar-refractivity contribution in [3.63, 3.8) is 0 Å². The molecule has 0 amide bonds. The van der Waals surface area contributed by atoms with Gasteiger partial charge in [-0.25, -0.2) is 0 Å². The van der Waals surface area contributed by atoms with E-state index >= 15 is 0 Å². The van der Waals surface area contributed by atoms with E-state index in [1.807, 2.05) is 26.0 Å². The molecule has 5 nitrogen and oxygen atoms in total. The van der Waals surface area contributed by atoms with Gasteiger partial charge in [-0.15, -0.1) is 0 Å². The van der Waals surface area contributed by atoms with Crippen molar-refractivity contribution in [3.05, 3.63) is 0 Å². The summed E-state index contributed by atoms with van der Waals surface area (Å²) in [5.41, 5.74) is 0. The lowest BCUT2D eigenvalue weighted by Gasteiger charge is -1.90. The fraction of sp³-hybridized carbons (Fsp3) is 1.00. The Balaban J connectivity index is 0. The van der Waals surface area contributed by atoms with E-state index in [2.05, 4.69) is 10.2 Å². The van der Waals surface area contributed by atoms with E-state index in [0.29, 0.717) is 0 Å². The van der Waals surface area contributed by atoms with Crippen molar-refractivity contribution in [3.8, 4) is 0 Å². The average Bonchev–Trinajstić information content (AvgIpc) is 1.87. The van der Waals surface area contributed by atoms with Crippen LogP contribution in [0, 0.1) is 0 Å². The van der Waals surface area contributed by atoms with Crippen molar-refractivity contribution >= 4 is 10.1 Å². The summed E-state index contributed by atoms with van der Waals surface area (Å²) in [4.78, 5) is 2.00. The molecule has 11 heavy (non-hydrogen) atoms. The molecule has 0 rings (SSSR count). The summed E-state index contributed by atoms with van der Waals surface area (Å²) in [5.74, 6) is 4.25. The maximum absolute atomic E-state index is 10.0. The van der Waals surface area contributed by atoms with E-state index in [1.165, 1.54) is 6.92 Å². The largest absolute Gasteiger partial charge is 0.312 e. The molecule has 0 unspecified atom stereocenters. The van der Waals surface area contributed by atoms with E-state index in [0.717, 1.165) is 0 Å². The van der Waals surface area contributed by atoms with Crippen LogP contribution in [-0.2, 0) is 14.4 Å². The Morgan fingerprint density at radius 2 is 1.64 bits per heavy atom. The van der Waals surface area contributed by atoms with Crippen LogP contribution in [-0.4, -0.2) is 40.2 Å². The van der Waals surface area contributed by atoms with E-state index in [1.54, 1.807) is 0 Å². The van der Waals surface area contributed by atoms with Crippen LogP contribution in [0.4, 0.5) is 0 Å². The highest BCUT2D eigenvalue weighted by atomic mass is 32.2. The summed E-state index contributed by atoms with van der Waals surface area (Å²) in [6.07, 6.45) is 0. The Labute approximate surface area is 68.2 Å². The average molecular weight is 184 g/mol. The Bertz CT molecular complexity index is 152. The molecular formula is C5H16N2O3S. The van der Waals surface area contributed by atoms with Crippen molar-refractivity contribution in [2.45, 2.75) is 6.92 Å². The van der Waals surface area contributed by atoms with E-state index in [-0.39, 0.29) is 5.75 Å². The Morgan fingerprint density at radius 1 is 1.36 bits per heavy atom. The van der Waals surface area contributed by atoms with Crippen LogP contribution in [0.5, 0.6) is 0 Å². The van der Waals surface area contributed by atoms with Crippen LogP contribution in [0.25, 0.3) is 0 Å². The van der Waals surface area contributed by atoms with Gasteiger partial charge in [0.05, 0.1) is 5.75 Å². The molecule has 0 radical (unpaired) electrons. The van der Waals surface area contributed by atoms with Crippen LogP contribution in [0.15, 0.2) is 0 Å². The molecule has 2 N–H and O–H groups in total. The first-order chi connectivity index (χ1) is 4.85. The van der Waals surface area contributed by atoms with Crippen molar-refractivity contribution in [1.29, 1.82) is 0 Å².